The lowest BCUT2D eigenvalue weighted by Gasteiger charge is -2.17. The van der Waals surface area contributed by atoms with Gasteiger partial charge in [0, 0.05) is 10.7 Å². The van der Waals surface area contributed by atoms with Gasteiger partial charge in [0.15, 0.2) is 6.23 Å². The van der Waals surface area contributed by atoms with Crippen LogP contribution in [-0.2, 0) is 4.74 Å². The van der Waals surface area contributed by atoms with Crippen LogP contribution in [0, 0.1) is 0 Å². The van der Waals surface area contributed by atoms with E-state index in [1.54, 1.807) is 10.8 Å². The fourth-order valence-electron chi connectivity index (χ4n) is 2.37. The third kappa shape index (κ3) is 1.90. The van der Waals surface area contributed by atoms with Crippen LogP contribution in [0.4, 0.5) is 5.82 Å². The lowest BCUT2D eigenvalue weighted by atomic mass is 10.1. The van der Waals surface area contributed by atoms with Crippen molar-refractivity contribution in [3.8, 4) is 0 Å². The molecule has 0 amide bonds. The molecule has 0 saturated carbocycles. The Morgan fingerprint density at radius 3 is 2.75 bits per heavy atom. The van der Waals surface area contributed by atoms with Gasteiger partial charge in [-0.2, -0.15) is 0 Å². The molecule has 0 aromatic carbocycles. The summed E-state index contributed by atoms with van der Waals surface area (Å²) in [5.74, 6) is 0.298. The number of ether oxygens (including phenoxy) is 1. The number of rotatable bonds is 2. The summed E-state index contributed by atoms with van der Waals surface area (Å²) >= 11 is 3.35. The predicted octanol–water partition coefficient (Wildman–Crippen LogP) is -0.613. The summed E-state index contributed by atoms with van der Waals surface area (Å²) in [6.07, 6.45) is -1.08. The molecular formula is C11H13BrN4O4. The number of fused-ring (bicyclic) bond motifs is 1. The summed E-state index contributed by atoms with van der Waals surface area (Å²) in [5, 5.41) is 29.6. The second kappa shape index (κ2) is 4.93. The number of hydrogen-bond donors (Lipinski definition) is 4. The van der Waals surface area contributed by atoms with Crippen LogP contribution in [0.25, 0.3) is 11.0 Å². The van der Waals surface area contributed by atoms with E-state index in [-0.39, 0.29) is 6.61 Å². The molecule has 3 rings (SSSR count). The largest absolute Gasteiger partial charge is 0.394 e. The topological polar surface area (TPSA) is 127 Å². The first kappa shape index (κ1) is 13.7. The average Bonchev–Trinajstić information content (AvgIpc) is 2.90. The molecule has 9 heteroatoms. The van der Waals surface area contributed by atoms with Crippen LogP contribution in [0.15, 0.2) is 17.0 Å². The average molecular weight is 345 g/mol. The van der Waals surface area contributed by atoms with E-state index in [1.165, 1.54) is 6.33 Å². The van der Waals surface area contributed by atoms with Gasteiger partial charge in [-0.25, -0.2) is 9.97 Å². The molecule has 1 saturated heterocycles. The Hall–Kier alpha value is -1.26. The summed E-state index contributed by atoms with van der Waals surface area (Å²) in [6, 6.07) is 0. The van der Waals surface area contributed by atoms with Gasteiger partial charge in [-0.3, -0.25) is 0 Å². The number of aromatic nitrogens is 3. The summed E-state index contributed by atoms with van der Waals surface area (Å²) < 4.78 is 7.69. The Kier molecular flexibility index (Phi) is 3.38. The van der Waals surface area contributed by atoms with Crippen molar-refractivity contribution in [2.24, 2.45) is 0 Å². The number of aliphatic hydroxyl groups is 3. The monoisotopic (exact) mass is 344 g/mol. The maximum atomic E-state index is 10.1. The van der Waals surface area contributed by atoms with Crippen molar-refractivity contribution < 1.29 is 20.1 Å². The van der Waals surface area contributed by atoms with Gasteiger partial charge in [0.05, 0.1) is 12.0 Å². The summed E-state index contributed by atoms with van der Waals surface area (Å²) in [7, 11) is 0. The van der Waals surface area contributed by atoms with Crippen molar-refractivity contribution in [1.82, 2.24) is 14.5 Å². The van der Waals surface area contributed by atoms with E-state index in [2.05, 4.69) is 25.9 Å². The van der Waals surface area contributed by atoms with Crippen molar-refractivity contribution in [3.63, 3.8) is 0 Å². The van der Waals surface area contributed by atoms with E-state index in [4.69, 9.17) is 15.6 Å². The first-order valence-corrected chi connectivity index (χ1v) is 6.73. The second-order valence-electron chi connectivity index (χ2n) is 4.57. The molecule has 5 N–H and O–H groups in total. The fourth-order valence-corrected chi connectivity index (χ4v) is 2.97. The first-order valence-electron chi connectivity index (χ1n) is 5.93. The molecule has 8 nitrogen and oxygen atoms in total. The standard InChI is InChI=1S/C11H13BrN4O4/c12-4-1-16(10-6(4)9(13)14-3-15-10)11-8(19)7(18)5(2-17)20-11/h1,3,5,7-8,11,17-19H,2H2,(H2,13,14,15)/t5-,7+,8-,11-/m1/s1. The molecule has 2 aromatic heterocycles. The summed E-state index contributed by atoms with van der Waals surface area (Å²) in [6.45, 7) is -0.383. The Morgan fingerprint density at radius 2 is 2.10 bits per heavy atom. The highest BCUT2D eigenvalue weighted by Gasteiger charge is 2.44. The van der Waals surface area contributed by atoms with E-state index in [1.807, 2.05) is 0 Å². The first-order chi connectivity index (χ1) is 9.54. The van der Waals surface area contributed by atoms with Crippen LogP contribution < -0.4 is 5.73 Å². The van der Waals surface area contributed by atoms with E-state index in [0.29, 0.717) is 21.3 Å². The molecule has 108 valence electrons. The number of aliphatic hydroxyl groups excluding tert-OH is 3. The van der Waals surface area contributed by atoms with Crippen LogP contribution in [0.1, 0.15) is 6.23 Å². The zero-order chi connectivity index (χ0) is 14.4. The van der Waals surface area contributed by atoms with Crippen LogP contribution in [-0.4, -0.2) is 54.8 Å². The second-order valence-corrected chi connectivity index (χ2v) is 5.43. The zero-order valence-corrected chi connectivity index (χ0v) is 11.8. The van der Waals surface area contributed by atoms with Gasteiger partial charge in [0.25, 0.3) is 0 Å². The highest BCUT2D eigenvalue weighted by molar-refractivity contribution is 9.10. The summed E-state index contributed by atoms with van der Waals surface area (Å²) in [5.41, 5.74) is 6.27. The number of nitrogen functional groups attached to an aromatic ring is 1. The Morgan fingerprint density at radius 1 is 1.35 bits per heavy atom. The van der Waals surface area contributed by atoms with Crippen molar-refractivity contribution in [3.05, 3.63) is 17.0 Å². The Balaban J connectivity index is 2.10. The Labute approximate surface area is 121 Å². The lowest BCUT2D eigenvalue weighted by molar-refractivity contribution is -0.0509. The highest BCUT2D eigenvalue weighted by atomic mass is 79.9. The minimum atomic E-state index is -1.18. The van der Waals surface area contributed by atoms with E-state index < -0.39 is 24.5 Å². The maximum absolute atomic E-state index is 10.1. The normalized spacial score (nSPS) is 30.2. The van der Waals surface area contributed by atoms with Gasteiger partial charge in [-0.15, -0.1) is 0 Å². The third-order valence-corrected chi connectivity index (χ3v) is 3.98. The van der Waals surface area contributed by atoms with Crippen LogP contribution in [0.3, 0.4) is 0 Å². The van der Waals surface area contributed by atoms with Crippen molar-refractivity contribution in [2.75, 3.05) is 12.3 Å². The van der Waals surface area contributed by atoms with Gasteiger partial charge in [-0.05, 0) is 15.9 Å². The highest BCUT2D eigenvalue weighted by Crippen LogP contribution is 2.36. The van der Waals surface area contributed by atoms with Gasteiger partial charge in [-0.1, -0.05) is 0 Å². The predicted molar refractivity (Wildman–Crippen MR) is 72.6 cm³/mol. The number of hydrogen-bond acceptors (Lipinski definition) is 7. The molecule has 0 radical (unpaired) electrons. The number of anilines is 1. The zero-order valence-electron chi connectivity index (χ0n) is 10.2. The molecule has 0 unspecified atom stereocenters. The maximum Gasteiger partial charge on any atom is 0.164 e. The number of nitrogens with two attached hydrogens (primary N) is 1. The fraction of sp³-hybridized carbons (Fsp3) is 0.455. The quantitative estimate of drug-likeness (QED) is 0.572. The minimum absolute atomic E-state index is 0.298. The van der Waals surface area contributed by atoms with Crippen LogP contribution in [0.5, 0.6) is 0 Å². The smallest absolute Gasteiger partial charge is 0.164 e. The lowest BCUT2D eigenvalue weighted by Crippen LogP contribution is -2.33. The molecule has 2 aromatic rings. The molecule has 1 fully saturated rings. The molecule has 0 spiro atoms. The third-order valence-electron chi connectivity index (χ3n) is 3.38. The SMILES string of the molecule is Nc1ncnc2c1c(Br)cn2[C@@H]1O[C@H](CO)[C@H](O)[C@H]1O. The van der Waals surface area contributed by atoms with Crippen molar-refractivity contribution in [2.45, 2.75) is 24.5 Å². The number of halogens is 1. The van der Waals surface area contributed by atoms with Crippen molar-refractivity contribution in [1.29, 1.82) is 0 Å². The van der Waals surface area contributed by atoms with Crippen LogP contribution >= 0.6 is 15.9 Å². The molecular weight excluding hydrogens is 332 g/mol. The van der Waals surface area contributed by atoms with Gasteiger partial charge in [0.1, 0.15) is 36.1 Å². The van der Waals surface area contributed by atoms with Gasteiger partial charge in [0.2, 0.25) is 0 Å². The Bertz CT molecular complexity index is 649. The van der Waals surface area contributed by atoms with Gasteiger partial charge >= 0.3 is 0 Å². The molecule has 0 bridgehead atoms. The molecule has 0 aliphatic carbocycles. The van der Waals surface area contributed by atoms with E-state index in [9.17, 15) is 10.2 Å². The minimum Gasteiger partial charge on any atom is -0.394 e. The van der Waals surface area contributed by atoms with Crippen LogP contribution in [0.2, 0.25) is 0 Å². The van der Waals surface area contributed by atoms with Crippen molar-refractivity contribution >= 4 is 32.8 Å². The van der Waals surface area contributed by atoms with E-state index in [0.717, 1.165) is 0 Å². The molecule has 4 atom stereocenters. The number of nitrogens with zero attached hydrogens (tertiary/aromatic N) is 3. The summed E-state index contributed by atoms with van der Waals surface area (Å²) in [4.78, 5) is 8.03. The molecule has 20 heavy (non-hydrogen) atoms. The molecule has 1 aliphatic heterocycles. The molecule has 3 heterocycles. The van der Waals surface area contributed by atoms with Gasteiger partial charge < -0.3 is 30.4 Å². The molecule has 1 aliphatic rings. The van der Waals surface area contributed by atoms with E-state index >= 15 is 0 Å².